The van der Waals surface area contributed by atoms with Gasteiger partial charge >= 0.3 is 6.03 Å². The molecule has 0 spiro atoms. The van der Waals surface area contributed by atoms with E-state index in [1.807, 2.05) is 30.3 Å². The normalized spacial score (nSPS) is 10.4. The highest BCUT2D eigenvalue weighted by Gasteiger charge is 2.04. The highest BCUT2D eigenvalue weighted by atomic mass is 35.5. The van der Waals surface area contributed by atoms with E-state index in [-0.39, 0.29) is 6.03 Å². The zero-order valence-electron chi connectivity index (χ0n) is 12.8. The standard InChI is InChI=1S/C18H16ClN3O2/c19-14-6-2-7-15(12-14)22-18(23)21-10-11-24-16-8-1-4-13-5-3-9-20-17(13)16/h1-9,12H,10-11H2,(H2,21,22,23). The Morgan fingerprint density at radius 2 is 1.96 bits per heavy atom. The number of carbonyl (C=O) groups excluding carboxylic acids is 1. The van der Waals surface area contributed by atoms with Crippen molar-refractivity contribution in [3.05, 3.63) is 65.8 Å². The number of benzene rings is 2. The van der Waals surface area contributed by atoms with Crippen LogP contribution in [-0.4, -0.2) is 24.2 Å². The van der Waals surface area contributed by atoms with Gasteiger partial charge in [0.15, 0.2) is 0 Å². The van der Waals surface area contributed by atoms with Crippen LogP contribution in [0.4, 0.5) is 10.5 Å². The van der Waals surface area contributed by atoms with Crippen molar-refractivity contribution < 1.29 is 9.53 Å². The average Bonchev–Trinajstić information content (AvgIpc) is 2.59. The molecule has 0 bridgehead atoms. The number of pyridine rings is 1. The van der Waals surface area contributed by atoms with Crippen molar-refractivity contribution in [1.82, 2.24) is 10.3 Å². The summed E-state index contributed by atoms with van der Waals surface area (Å²) in [6.07, 6.45) is 1.73. The first kappa shape index (κ1) is 16.1. The van der Waals surface area contributed by atoms with Crippen LogP contribution < -0.4 is 15.4 Å². The number of aromatic nitrogens is 1. The molecular weight excluding hydrogens is 326 g/mol. The number of carbonyl (C=O) groups is 1. The Hall–Kier alpha value is -2.79. The minimum atomic E-state index is -0.308. The van der Waals surface area contributed by atoms with Gasteiger partial charge in [-0.25, -0.2) is 4.79 Å². The number of nitrogens with zero attached hydrogens (tertiary/aromatic N) is 1. The Kier molecular flexibility index (Phi) is 5.13. The van der Waals surface area contributed by atoms with Gasteiger partial charge in [0.25, 0.3) is 0 Å². The number of amides is 2. The lowest BCUT2D eigenvalue weighted by molar-refractivity contribution is 0.247. The van der Waals surface area contributed by atoms with E-state index in [1.54, 1.807) is 30.5 Å². The topological polar surface area (TPSA) is 63.2 Å². The molecule has 5 nitrogen and oxygen atoms in total. The molecule has 0 fully saturated rings. The largest absolute Gasteiger partial charge is 0.489 e. The SMILES string of the molecule is O=C(NCCOc1cccc2cccnc12)Nc1cccc(Cl)c1. The lowest BCUT2D eigenvalue weighted by Gasteiger charge is -2.10. The first-order valence-electron chi connectivity index (χ1n) is 7.49. The van der Waals surface area contributed by atoms with Crippen molar-refractivity contribution in [2.45, 2.75) is 0 Å². The minimum Gasteiger partial charge on any atom is -0.489 e. The average molecular weight is 342 g/mol. The predicted octanol–water partition coefficient (Wildman–Crippen LogP) is 4.09. The van der Waals surface area contributed by atoms with E-state index in [9.17, 15) is 4.79 Å². The molecule has 0 aliphatic heterocycles. The smallest absolute Gasteiger partial charge is 0.319 e. The molecule has 2 N–H and O–H groups in total. The van der Waals surface area contributed by atoms with Crippen LogP contribution >= 0.6 is 11.6 Å². The van der Waals surface area contributed by atoms with Crippen LogP contribution in [0.1, 0.15) is 0 Å². The Morgan fingerprint density at radius 1 is 1.12 bits per heavy atom. The van der Waals surface area contributed by atoms with Gasteiger partial charge in [-0.1, -0.05) is 35.9 Å². The maximum Gasteiger partial charge on any atom is 0.319 e. The Balaban J connectivity index is 1.49. The van der Waals surface area contributed by atoms with E-state index < -0.39 is 0 Å². The number of ether oxygens (including phenoxy) is 1. The molecule has 122 valence electrons. The van der Waals surface area contributed by atoms with E-state index in [0.29, 0.717) is 29.6 Å². The number of nitrogens with one attached hydrogen (secondary N) is 2. The molecule has 0 aliphatic rings. The summed E-state index contributed by atoms with van der Waals surface area (Å²) in [5.41, 5.74) is 1.45. The number of halogens is 1. The first-order valence-corrected chi connectivity index (χ1v) is 7.87. The number of hydrogen-bond donors (Lipinski definition) is 2. The quantitative estimate of drug-likeness (QED) is 0.687. The molecule has 0 saturated carbocycles. The van der Waals surface area contributed by atoms with E-state index in [1.165, 1.54) is 0 Å². The second-order valence-corrected chi connectivity index (χ2v) is 5.51. The molecule has 24 heavy (non-hydrogen) atoms. The Bertz CT molecular complexity index is 849. The number of rotatable bonds is 5. The van der Waals surface area contributed by atoms with Gasteiger partial charge in [-0.2, -0.15) is 0 Å². The van der Waals surface area contributed by atoms with Crippen LogP contribution in [0.5, 0.6) is 5.75 Å². The number of fused-ring (bicyclic) bond motifs is 1. The van der Waals surface area contributed by atoms with Gasteiger partial charge in [0.1, 0.15) is 17.9 Å². The molecule has 0 radical (unpaired) electrons. The summed E-state index contributed by atoms with van der Waals surface area (Å²) in [5.74, 6) is 0.699. The fourth-order valence-corrected chi connectivity index (χ4v) is 2.45. The number of para-hydroxylation sites is 1. The second kappa shape index (κ2) is 7.66. The zero-order chi connectivity index (χ0) is 16.8. The number of hydrogen-bond acceptors (Lipinski definition) is 3. The molecule has 3 aromatic rings. The van der Waals surface area contributed by atoms with Crippen LogP contribution in [0.2, 0.25) is 5.02 Å². The summed E-state index contributed by atoms with van der Waals surface area (Å²) in [6.45, 7) is 0.717. The van der Waals surface area contributed by atoms with E-state index in [4.69, 9.17) is 16.3 Å². The highest BCUT2D eigenvalue weighted by molar-refractivity contribution is 6.30. The van der Waals surface area contributed by atoms with Gasteiger partial charge in [0.05, 0.1) is 6.54 Å². The summed E-state index contributed by atoms with van der Waals surface area (Å²) < 4.78 is 5.71. The summed E-state index contributed by atoms with van der Waals surface area (Å²) in [4.78, 5) is 16.1. The predicted molar refractivity (Wildman–Crippen MR) is 95.7 cm³/mol. The van der Waals surface area contributed by atoms with Crippen molar-refractivity contribution >= 4 is 34.2 Å². The third-order valence-electron chi connectivity index (χ3n) is 3.32. The van der Waals surface area contributed by atoms with Gasteiger partial charge in [0.2, 0.25) is 0 Å². The third kappa shape index (κ3) is 4.14. The molecule has 2 amide bonds. The second-order valence-electron chi connectivity index (χ2n) is 5.07. The van der Waals surface area contributed by atoms with Crippen LogP contribution in [0, 0.1) is 0 Å². The van der Waals surface area contributed by atoms with Crippen LogP contribution in [0.3, 0.4) is 0 Å². The van der Waals surface area contributed by atoms with Crippen LogP contribution in [0.25, 0.3) is 10.9 Å². The van der Waals surface area contributed by atoms with Crippen LogP contribution in [-0.2, 0) is 0 Å². The highest BCUT2D eigenvalue weighted by Crippen LogP contribution is 2.22. The van der Waals surface area contributed by atoms with Gasteiger partial charge in [-0.15, -0.1) is 0 Å². The van der Waals surface area contributed by atoms with Crippen molar-refractivity contribution in [3.63, 3.8) is 0 Å². The van der Waals surface area contributed by atoms with Gasteiger partial charge in [-0.05, 0) is 30.3 Å². The molecule has 0 unspecified atom stereocenters. The molecular formula is C18H16ClN3O2. The fourth-order valence-electron chi connectivity index (χ4n) is 2.26. The molecule has 1 heterocycles. The first-order chi connectivity index (χ1) is 11.7. The van der Waals surface area contributed by atoms with E-state index in [2.05, 4.69) is 15.6 Å². The maximum absolute atomic E-state index is 11.8. The summed E-state index contributed by atoms with van der Waals surface area (Å²) >= 11 is 5.87. The zero-order valence-corrected chi connectivity index (χ0v) is 13.6. The Morgan fingerprint density at radius 3 is 2.83 bits per heavy atom. The van der Waals surface area contributed by atoms with E-state index in [0.717, 1.165) is 10.9 Å². The van der Waals surface area contributed by atoms with Crippen molar-refractivity contribution in [3.8, 4) is 5.75 Å². The lowest BCUT2D eigenvalue weighted by atomic mass is 10.2. The molecule has 1 aromatic heterocycles. The third-order valence-corrected chi connectivity index (χ3v) is 3.56. The van der Waals surface area contributed by atoms with E-state index >= 15 is 0 Å². The summed E-state index contributed by atoms with van der Waals surface area (Å²) in [6, 6.07) is 16.3. The molecule has 2 aromatic carbocycles. The summed E-state index contributed by atoms with van der Waals surface area (Å²) in [7, 11) is 0. The molecule has 0 atom stereocenters. The molecule has 0 aliphatic carbocycles. The van der Waals surface area contributed by atoms with Crippen molar-refractivity contribution in [2.75, 3.05) is 18.5 Å². The summed E-state index contributed by atoms with van der Waals surface area (Å²) in [5, 5.41) is 7.02. The van der Waals surface area contributed by atoms with Gasteiger partial charge < -0.3 is 15.4 Å². The molecule has 6 heteroatoms. The molecule has 0 saturated heterocycles. The maximum atomic E-state index is 11.8. The molecule has 3 rings (SSSR count). The van der Waals surface area contributed by atoms with Crippen molar-refractivity contribution in [2.24, 2.45) is 0 Å². The lowest BCUT2D eigenvalue weighted by Crippen LogP contribution is -2.32. The number of anilines is 1. The Labute approximate surface area is 144 Å². The van der Waals surface area contributed by atoms with Crippen molar-refractivity contribution in [1.29, 1.82) is 0 Å². The van der Waals surface area contributed by atoms with Gasteiger partial charge in [0, 0.05) is 22.3 Å². The monoisotopic (exact) mass is 341 g/mol. The number of urea groups is 1. The minimum absolute atomic E-state index is 0.308. The van der Waals surface area contributed by atoms with Gasteiger partial charge in [-0.3, -0.25) is 4.98 Å². The fraction of sp³-hybridized carbons (Fsp3) is 0.111. The van der Waals surface area contributed by atoms with Crippen LogP contribution in [0.15, 0.2) is 60.8 Å².